The fourth-order valence-electron chi connectivity index (χ4n) is 1.32. The van der Waals surface area contributed by atoms with Crippen molar-refractivity contribution in [2.75, 3.05) is 0 Å². The number of nitrogens with zero attached hydrogens (tertiary/aromatic N) is 1. The van der Waals surface area contributed by atoms with E-state index in [0.29, 0.717) is 11.3 Å². The number of hydrogen-bond acceptors (Lipinski definition) is 1. The Bertz CT molecular complexity index is 263. The van der Waals surface area contributed by atoms with Gasteiger partial charge in [0.15, 0.2) is 0 Å². The van der Waals surface area contributed by atoms with Gasteiger partial charge in [-0.05, 0) is 30.8 Å². The first kappa shape index (κ1) is 9.06. The van der Waals surface area contributed by atoms with E-state index in [1.807, 2.05) is 19.1 Å². The molecule has 12 heavy (non-hydrogen) atoms. The second-order valence-corrected chi connectivity index (χ2v) is 4.03. The van der Waals surface area contributed by atoms with Crippen LogP contribution in [0.25, 0.3) is 0 Å². The number of rotatable bonds is 2. The Morgan fingerprint density at radius 2 is 2.17 bits per heavy atom. The summed E-state index contributed by atoms with van der Waals surface area (Å²) in [6, 6.07) is 2.19. The van der Waals surface area contributed by atoms with Crippen molar-refractivity contribution in [2.45, 2.75) is 27.2 Å². The van der Waals surface area contributed by atoms with Crippen LogP contribution in [0.15, 0.2) is 23.8 Å². The third-order valence-electron chi connectivity index (χ3n) is 2.45. The molecule has 0 spiro atoms. The molecule has 0 amide bonds. The quantitative estimate of drug-likeness (QED) is 0.451. The fourth-order valence-corrected chi connectivity index (χ4v) is 1.32. The minimum atomic E-state index is 0.434. The molecule has 64 valence electrons. The zero-order valence-electron chi connectivity index (χ0n) is 7.96. The summed E-state index contributed by atoms with van der Waals surface area (Å²) >= 11 is 0. The number of allylic oxidation sites excluding steroid dienone is 4. The van der Waals surface area contributed by atoms with E-state index in [1.165, 1.54) is 6.42 Å². The molecular weight excluding hydrogens is 146 g/mol. The molecule has 1 aliphatic rings. The summed E-state index contributed by atoms with van der Waals surface area (Å²) < 4.78 is 0. The van der Waals surface area contributed by atoms with E-state index in [9.17, 15) is 0 Å². The van der Waals surface area contributed by atoms with Gasteiger partial charge in [-0.1, -0.05) is 26.0 Å². The van der Waals surface area contributed by atoms with Gasteiger partial charge in [-0.2, -0.15) is 5.26 Å². The van der Waals surface area contributed by atoms with Gasteiger partial charge >= 0.3 is 0 Å². The Morgan fingerprint density at radius 1 is 1.58 bits per heavy atom. The predicted molar refractivity (Wildman–Crippen MR) is 50.4 cm³/mol. The molecule has 1 unspecified atom stereocenters. The van der Waals surface area contributed by atoms with Crippen LogP contribution < -0.4 is 0 Å². The van der Waals surface area contributed by atoms with Gasteiger partial charge < -0.3 is 0 Å². The normalized spacial score (nSPS) is 27.2. The van der Waals surface area contributed by atoms with Crippen LogP contribution in [-0.4, -0.2) is 0 Å². The van der Waals surface area contributed by atoms with Crippen LogP contribution >= 0.6 is 0 Å². The second-order valence-electron chi connectivity index (χ2n) is 4.03. The Labute approximate surface area is 74.4 Å². The van der Waals surface area contributed by atoms with Crippen LogP contribution in [0, 0.1) is 22.7 Å². The maximum atomic E-state index is 8.73. The molecule has 0 radical (unpaired) electrons. The molecule has 0 aromatic carbocycles. The Morgan fingerprint density at radius 3 is 2.50 bits per heavy atom. The van der Waals surface area contributed by atoms with Gasteiger partial charge in [-0.3, -0.25) is 0 Å². The SMILES string of the molecule is C/C=C/C(C#N)=C/C1CC1(C)C. The van der Waals surface area contributed by atoms with Crippen molar-refractivity contribution in [3.05, 3.63) is 23.8 Å². The van der Waals surface area contributed by atoms with E-state index in [4.69, 9.17) is 5.26 Å². The summed E-state index contributed by atoms with van der Waals surface area (Å²) in [5, 5.41) is 8.73. The third kappa shape index (κ3) is 1.98. The summed E-state index contributed by atoms with van der Waals surface area (Å²) in [4.78, 5) is 0. The van der Waals surface area contributed by atoms with Crippen LogP contribution in [-0.2, 0) is 0 Å². The van der Waals surface area contributed by atoms with E-state index in [0.717, 1.165) is 5.57 Å². The van der Waals surface area contributed by atoms with Crippen molar-refractivity contribution in [3.8, 4) is 6.07 Å². The van der Waals surface area contributed by atoms with Gasteiger partial charge in [0.1, 0.15) is 0 Å². The molecule has 1 atom stereocenters. The lowest BCUT2D eigenvalue weighted by Gasteiger charge is -1.96. The monoisotopic (exact) mass is 161 g/mol. The van der Waals surface area contributed by atoms with Crippen LogP contribution in [0.5, 0.6) is 0 Å². The average Bonchev–Trinajstić information content (AvgIpc) is 2.58. The van der Waals surface area contributed by atoms with Crippen LogP contribution in [0.1, 0.15) is 27.2 Å². The molecule has 0 bridgehead atoms. The third-order valence-corrected chi connectivity index (χ3v) is 2.45. The second kappa shape index (κ2) is 3.15. The van der Waals surface area contributed by atoms with E-state index in [1.54, 1.807) is 0 Å². The van der Waals surface area contributed by atoms with Crippen LogP contribution in [0.4, 0.5) is 0 Å². The molecule has 0 aromatic rings. The molecule has 1 heteroatoms. The van der Waals surface area contributed by atoms with Gasteiger partial charge in [0.2, 0.25) is 0 Å². The van der Waals surface area contributed by atoms with Crippen LogP contribution in [0.2, 0.25) is 0 Å². The first-order valence-electron chi connectivity index (χ1n) is 4.35. The highest BCUT2D eigenvalue weighted by Crippen LogP contribution is 2.52. The van der Waals surface area contributed by atoms with Crippen molar-refractivity contribution in [2.24, 2.45) is 11.3 Å². The fraction of sp³-hybridized carbons (Fsp3) is 0.545. The van der Waals surface area contributed by atoms with Crippen LogP contribution in [0.3, 0.4) is 0 Å². The average molecular weight is 161 g/mol. The molecule has 1 fully saturated rings. The Hall–Kier alpha value is -1.03. The Balaban J connectivity index is 2.63. The maximum Gasteiger partial charge on any atom is 0.0988 e. The topological polar surface area (TPSA) is 23.8 Å². The van der Waals surface area contributed by atoms with Gasteiger partial charge in [-0.15, -0.1) is 0 Å². The summed E-state index contributed by atoms with van der Waals surface area (Å²) in [7, 11) is 0. The van der Waals surface area contributed by atoms with Gasteiger partial charge in [-0.25, -0.2) is 0 Å². The molecule has 1 aliphatic carbocycles. The molecule has 1 nitrogen and oxygen atoms in total. The maximum absolute atomic E-state index is 8.73. The number of nitriles is 1. The lowest BCUT2D eigenvalue weighted by atomic mass is 10.1. The molecule has 1 rings (SSSR count). The lowest BCUT2D eigenvalue weighted by molar-refractivity contribution is 0.609. The molecule has 0 heterocycles. The van der Waals surface area contributed by atoms with Crippen molar-refractivity contribution in [1.82, 2.24) is 0 Å². The molecular formula is C11H15N. The smallest absolute Gasteiger partial charge is 0.0988 e. The summed E-state index contributed by atoms with van der Waals surface area (Å²) in [5.41, 5.74) is 1.23. The first-order chi connectivity index (χ1) is 5.60. The largest absolute Gasteiger partial charge is 0.192 e. The van der Waals surface area contributed by atoms with Gasteiger partial charge in [0.05, 0.1) is 6.07 Å². The number of hydrogen-bond donors (Lipinski definition) is 0. The van der Waals surface area contributed by atoms with E-state index in [-0.39, 0.29) is 0 Å². The molecule has 0 aromatic heterocycles. The standard InChI is InChI=1S/C11H15N/c1-4-5-9(8-12)6-10-7-11(10,2)3/h4-6,10H,7H2,1-3H3/b5-4+,9-6-. The minimum Gasteiger partial charge on any atom is -0.192 e. The van der Waals surface area contributed by atoms with Crippen molar-refractivity contribution in [1.29, 1.82) is 5.26 Å². The van der Waals surface area contributed by atoms with Crippen molar-refractivity contribution in [3.63, 3.8) is 0 Å². The lowest BCUT2D eigenvalue weighted by Crippen LogP contribution is -1.87. The van der Waals surface area contributed by atoms with E-state index in [2.05, 4.69) is 26.0 Å². The van der Waals surface area contributed by atoms with E-state index >= 15 is 0 Å². The summed E-state index contributed by atoms with van der Waals surface area (Å²) in [6.45, 7) is 6.40. The van der Waals surface area contributed by atoms with Crippen molar-refractivity contribution < 1.29 is 0 Å². The van der Waals surface area contributed by atoms with Gasteiger partial charge in [0, 0.05) is 5.57 Å². The van der Waals surface area contributed by atoms with E-state index < -0.39 is 0 Å². The zero-order valence-corrected chi connectivity index (χ0v) is 7.96. The highest BCUT2D eigenvalue weighted by molar-refractivity contribution is 5.35. The molecule has 0 N–H and O–H groups in total. The highest BCUT2D eigenvalue weighted by atomic mass is 14.5. The van der Waals surface area contributed by atoms with Crippen molar-refractivity contribution >= 4 is 0 Å². The first-order valence-corrected chi connectivity index (χ1v) is 4.35. The van der Waals surface area contributed by atoms with Gasteiger partial charge in [0.25, 0.3) is 0 Å². The summed E-state index contributed by atoms with van der Waals surface area (Å²) in [5.74, 6) is 0.614. The Kier molecular flexibility index (Phi) is 2.38. The predicted octanol–water partition coefficient (Wildman–Crippen LogP) is 3.06. The molecule has 0 aliphatic heterocycles. The molecule has 0 saturated heterocycles. The zero-order chi connectivity index (χ0) is 9.19. The summed E-state index contributed by atoms with van der Waals surface area (Å²) in [6.07, 6.45) is 7.08. The highest BCUT2D eigenvalue weighted by Gasteiger charge is 2.43. The molecule has 1 saturated carbocycles. The minimum absolute atomic E-state index is 0.434.